The van der Waals surface area contributed by atoms with Crippen molar-refractivity contribution in [2.45, 2.75) is 13.2 Å². The minimum Gasteiger partial charge on any atom is -0.430 e. The average Bonchev–Trinajstić information content (AvgIpc) is 2.43. The first kappa shape index (κ1) is 13.3. The van der Waals surface area contributed by atoms with Gasteiger partial charge in [-0.2, -0.15) is 0 Å². The smallest absolute Gasteiger partial charge is 0.309 e. The molecule has 0 atom stereocenters. The number of halogens is 2. The van der Waals surface area contributed by atoms with Gasteiger partial charge >= 0.3 is 15.0 Å². The number of rotatable bonds is 0. The van der Waals surface area contributed by atoms with Crippen LogP contribution < -0.4 is 10.9 Å². The van der Waals surface area contributed by atoms with Crippen LogP contribution >= 0.6 is 0 Å². The summed E-state index contributed by atoms with van der Waals surface area (Å²) >= 11 is 0. The van der Waals surface area contributed by atoms with E-state index in [1.165, 1.54) is 24.3 Å². The number of hydrogen-bond acceptors (Lipinski definition) is 2. The summed E-state index contributed by atoms with van der Waals surface area (Å²) in [5.41, 5.74) is 3.36. The van der Waals surface area contributed by atoms with Gasteiger partial charge in [-0.05, 0) is 46.3 Å². The Balaban J connectivity index is 1.86. The summed E-state index contributed by atoms with van der Waals surface area (Å²) in [7, 11) is 0.712. The van der Waals surface area contributed by atoms with Crippen LogP contribution in [0.3, 0.4) is 0 Å². The second-order valence-corrected chi connectivity index (χ2v) is 4.81. The molecule has 20 heavy (non-hydrogen) atoms. The van der Waals surface area contributed by atoms with Crippen LogP contribution in [0, 0.1) is 11.6 Å². The van der Waals surface area contributed by atoms with Crippen molar-refractivity contribution in [1.82, 2.24) is 0 Å². The predicted octanol–water partition coefficient (Wildman–Crippen LogP) is 0.665. The molecule has 0 fully saturated rings. The van der Waals surface area contributed by atoms with E-state index < -0.39 is 0 Å². The van der Waals surface area contributed by atoms with E-state index in [9.17, 15) is 8.78 Å². The van der Waals surface area contributed by atoms with Crippen LogP contribution in [0.4, 0.5) is 8.78 Å². The minimum atomic E-state index is -0.285. The molecule has 1 heterocycles. The molecule has 0 saturated carbocycles. The van der Waals surface area contributed by atoms with Crippen molar-refractivity contribution in [2.24, 2.45) is 0 Å². The molecule has 0 aliphatic carbocycles. The van der Waals surface area contributed by atoms with Crippen molar-refractivity contribution in [3.63, 3.8) is 0 Å². The van der Waals surface area contributed by atoms with Crippen LogP contribution in [-0.2, 0) is 22.5 Å². The second-order valence-electron chi connectivity index (χ2n) is 4.81. The fourth-order valence-corrected chi connectivity index (χ4v) is 2.28. The van der Waals surface area contributed by atoms with Crippen LogP contribution in [-0.4, -0.2) is 15.0 Å². The molecular formula is C14H12B2F2O2. The van der Waals surface area contributed by atoms with E-state index in [0.717, 1.165) is 22.1 Å². The van der Waals surface area contributed by atoms with Gasteiger partial charge < -0.3 is 9.31 Å². The molecule has 0 radical (unpaired) electrons. The summed E-state index contributed by atoms with van der Waals surface area (Å²) in [6.07, 6.45) is 0. The van der Waals surface area contributed by atoms with E-state index in [4.69, 9.17) is 9.31 Å². The highest BCUT2D eigenvalue weighted by Gasteiger charge is 2.13. The maximum Gasteiger partial charge on any atom is 0.309 e. The van der Waals surface area contributed by atoms with Gasteiger partial charge in [-0.25, -0.2) is 8.78 Å². The third kappa shape index (κ3) is 2.92. The molecule has 0 aromatic heterocycles. The Labute approximate surface area is 117 Å². The Bertz CT molecular complexity index is 579. The van der Waals surface area contributed by atoms with E-state index in [-0.39, 0.29) is 11.6 Å². The molecule has 0 N–H and O–H groups in total. The summed E-state index contributed by atoms with van der Waals surface area (Å²) in [5, 5.41) is 0. The third-order valence-corrected chi connectivity index (χ3v) is 3.37. The summed E-state index contributed by atoms with van der Waals surface area (Å²) in [6.45, 7) is 0.626. The maximum absolute atomic E-state index is 13.3. The molecule has 1 aliphatic heterocycles. The van der Waals surface area contributed by atoms with Crippen molar-refractivity contribution in [1.29, 1.82) is 0 Å². The van der Waals surface area contributed by atoms with Gasteiger partial charge in [0.05, 0.1) is 13.2 Å². The Morgan fingerprint density at radius 2 is 1.20 bits per heavy atom. The molecule has 0 unspecified atom stereocenters. The van der Waals surface area contributed by atoms with Crippen LogP contribution in [0.25, 0.3) is 0 Å². The molecule has 1 aliphatic rings. The Morgan fingerprint density at radius 1 is 0.750 bits per heavy atom. The highest BCUT2D eigenvalue weighted by atomic mass is 19.1. The summed E-state index contributed by atoms with van der Waals surface area (Å²) in [6, 6.07) is 9.13. The van der Waals surface area contributed by atoms with Crippen LogP contribution in [0.2, 0.25) is 0 Å². The predicted molar refractivity (Wildman–Crippen MR) is 75.9 cm³/mol. The van der Waals surface area contributed by atoms with E-state index in [2.05, 4.69) is 0 Å². The Kier molecular flexibility index (Phi) is 3.85. The van der Waals surface area contributed by atoms with Gasteiger partial charge in [-0.15, -0.1) is 0 Å². The molecular weight excluding hydrogens is 260 g/mol. The second kappa shape index (κ2) is 5.77. The zero-order chi connectivity index (χ0) is 13.9. The molecule has 2 aromatic carbocycles. The van der Waals surface area contributed by atoms with E-state index in [1.54, 1.807) is 12.1 Å². The average molecular weight is 272 g/mol. The first-order valence-electron chi connectivity index (χ1n) is 6.42. The van der Waals surface area contributed by atoms with Crippen molar-refractivity contribution in [2.75, 3.05) is 0 Å². The lowest BCUT2D eigenvalue weighted by Gasteiger charge is -2.15. The molecule has 0 saturated heterocycles. The summed E-state index contributed by atoms with van der Waals surface area (Å²) in [5.74, 6) is -0.571. The third-order valence-electron chi connectivity index (χ3n) is 3.37. The molecule has 2 nitrogen and oxygen atoms in total. The number of hydrogen-bond donors (Lipinski definition) is 0. The zero-order valence-electron chi connectivity index (χ0n) is 10.9. The topological polar surface area (TPSA) is 18.5 Å². The van der Waals surface area contributed by atoms with Gasteiger partial charge in [0.25, 0.3) is 0 Å². The highest BCUT2D eigenvalue weighted by Crippen LogP contribution is 2.07. The fourth-order valence-electron chi connectivity index (χ4n) is 2.28. The van der Waals surface area contributed by atoms with E-state index in [1.807, 2.05) is 0 Å². The van der Waals surface area contributed by atoms with Crippen LogP contribution in [0.15, 0.2) is 36.4 Å². The lowest BCUT2D eigenvalue weighted by atomic mass is 9.80. The van der Waals surface area contributed by atoms with Crippen molar-refractivity contribution in [3.8, 4) is 0 Å². The summed E-state index contributed by atoms with van der Waals surface area (Å²) in [4.78, 5) is 0. The van der Waals surface area contributed by atoms with Crippen LogP contribution in [0.5, 0.6) is 0 Å². The van der Waals surface area contributed by atoms with Gasteiger partial charge in [0.15, 0.2) is 0 Å². The number of fused-ring (bicyclic) bond motifs is 2. The SMILES string of the molecule is Fc1ccc2c(c1)COBc1ccc(F)cc1COB2. The quantitative estimate of drug-likeness (QED) is 0.656. The molecule has 100 valence electrons. The monoisotopic (exact) mass is 272 g/mol. The van der Waals surface area contributed by atoms with E-state index >= 15 is 0 Å². The molecule has 0 amide bonds. The Morgan fingerprint density at radius 3 is 1.65 bits per heavy atom. The van der Waals surface area contributed by atoms with Gasteiger partial charge in [0, 0.05) is 0 Å². The number of benzene rings is 2. The zero-order valence-corrected chi connectivity index (χ0v) is 10.9. The Hall–Kier alpha value is -1.65. The van der Waals surface area contributed by atoms with Gasteiger partial charge in [-0.3, -0.25) is 0 Å². The summed E-state index contributed by atoms with van der Waals surface area (Å²) < 4.78 is 37.7. The lowest BCUT2D eigenvalue weighted by molar-refractivity contribution is 0.317. The fraction of sp³-hybridized carbons (Fsp3) is 0.143. The first-order chi connectivity index (χ1) is 9.72. The molecule has 3 rings (SSSR count). The van der Waals surface area contributed by atoms with Crippen molar-refractivity contribution in [3.05, 3.63) is 59.2 Å². The van der Waals surface area contributed by atoms with Crippen molar-refractivity contribution >= 4 is 25.9 Å². The minimum absolute atomic E-state index is 0.285. The standard InChI is InChI=1S/C14H12B2F2O2/c17-11-1-3-13-9(5-11)7-20-16-14-4-2-12(18)6-10(14)8-19-15-13/h1-6,15-16H,7-8H2. The van der Waals surface area contributed by atoms with Gasteiger partial charge in [0.2, 0.25) is 0 Å². The largest absolute Gasteiger partial charge is 0.430 e. The lowest BCUT2D eigenvalue weighted by Crippen LogP contribution is -2.29. The first-order valence-corrected chi connectivity index (χ1v) is 6.42. The van der Waals surface area contributed by atoms with E-state index in [0.29, 0.717) is 28.2 Å². The van der Waals surface area contributed by atoms with Gasteiger partial charge in [0.1, 0.15) is 11.6 Å². The maximum atomic E-state index is 13.3. The molecule has 6 heteroatoms. The highest BCUT2D eigenvalue weighted by molar-refractivity contribution is 6.49. The van der Waals surface area contributed by atoms with Crippen molar-refractivity contribution < 1.29 is 18.1 Å². The molecule has 0 spiro atoms. The molecule has 0 bridgehead atoms. The molecule has 2 aromatic rings. The van der Waals surface area contributed by atoms with Gasteiger partial charge in [-0.1, -0.05) is 12.1 Å². The van der Waals surface area contributed by atoms with Crippen LogP contribution in [0.1, 0.15) is 11.1 Å². The normalized spacial score (nSPS) is 14.5.